The Morgan fingerprint density at radius 3 is 2.50 bits per heavy atom. The summed E-state index contributed by atoms with van der Waals surface area (Å²) in [6.45, 7) is 6.11. The van der Waals surface area contributed by atoms with Crippen LogP contribution in [0.15, 0.2) is 48.5 Å². The molecule has 0 saturated carbocycles. The van der Waals surface area contributed by atoms with Crippen LogP contribution in [0.4, 0.5) is 4.39 Å². The van der Waals surface area contributed by atoms with Crippen molar-refractivity contribution in [3.8, 4) is 0 Å². The Bertz CT molecular complexity index is 761. The first kappa shape index (κ1) is 20.5. The Balaban J connectivity index is 1.40. The maximum Gasteiger partial charge on any atom is 0.275 e. The molecule has 1 amide bonds. The Labute approximate surface area is 166 Å². The number of morpholine rings is 1. The molecule has 0 aromatic heterocycles. The smallest absolute Gasteiger partial charge is 0.275 e. The number of ether oxygens (including phenoxy) is 1. The zero-order chi connectivity index (χ0) is 19.8. The fourth-order valence-electron chi connectivity index (χ4n) is 3.47. The van der Waals surface area contributed by atoms with E-state index < -0.39 is 0 Å². The van der Waals surface area contributed by atoms with Crippen LogP contribution >= 0.6 is 0 Å². The average Bonchev–Trinajstić information content (AvgIpc) is 2.70. The number of hydrogen-bond donors (Lipinski definition) is 3. The van der Waals surface area contributed by atoms with Gasteiger partial charge >= 0.3 is 0 Å². The van der Waals surface area contributed by atoms with E-state index in [0.717, 1.165) is 43.3 Å². The van der Waals surface area contributed by atoms with Crippen molar-refractivity contribution in [1.82, 2.24) is 5.32 Å². The number of benzene rings is 2. The largest absolute Gasteiger partial charge is 0.370 e. The number of nitrogens with one attached hydrogen (secondary N) is 3. The fraction of sp³-hybridized carbons (Fsp3) is 0.409. The van der Waals surface area contributed by atoms with E-state index in [1.165, 1.54) is 11.6 Å². The summed E-state index contributed by atoms with van der Waals surface area (Å²) < 4.78 is 19.1. The first-order valence-corrected chi connectivity index (χ1v) is 9.90. The van der Waals surface area contributed by atoms with E-state index in [1.54, 1.807) is 17.0 Å². The van der Waals surface area contributed by atoms with Gasteiger partial charge in [-0.25, -0.2) is 4.39 Å². The van der Waals surface area contributed by atoms with Crippen LogP contribution in [0, 0.1) is 5.82 Å². The van der Waals surface area contributed by atoms with E-state index in [9.17, 15) is 9.18 Å². The number of likely N-dealkylation sites (N-methyl/N-ethyl adjacent to an activating group) is 1. The number of halogens is 1. The third-order valence-electron chi connectivity index (χ3n) is 5.08. The van der Waals surface area contributed by atoms with Crippen molar-refractivity contribution in [3.63, 3.8) is 0 Å². The zero-order valence-electron chi connectivity index (χ0n) is 16.5. The Morgan fingerprint density at radius 2 is 1.79 bits per heavy atom. The van der Waals surface area contributed by atoms with Crippen LogP contribution in [0.3, 0.4) is 0 Å². The number of carbonyl (C=O) groups excluding carboxylic acids is 1. The monoisotopic (exact) mass is 387 g/mol. The third-order valence-corrected chi connectivity index (χ3v) is 5.08. The summed E-state index contributed by atoms with van der Waals surface area (Å²) in [7, 11) is 1.90. The summed E-state index contributed by atoms with van der Waals surface area (Å²) in [5.41, 5.74) is 3.02. The van der Waals surface area contributed by atoms with Gasteiger partial charge in [0.05, 0.1) is 20.3 Å². The minimum Gasteiger partial charge on any atom is -0.370 e. The van der Waals surface area contributed by atoms with Crippen LogP contribution in [0.5, 0.6) is 0 Å². The normalized spacial score (nSPS) is 15.9. The highest BCUT2D eigenvalue weighted by molar-refractivity contribution is 5.76. The lowest BCUT2D eigenvalue weighted by Gasteiger charge is -2.23. The molecule has 6 heteroatoms. The zero-order valence-corrected chi connectivity index (χ0v) is 16.5. The molecule has 1 saturated heterocycles. The summed E-state index contributed by atoms with van der Waals surface area (Å²) in [4.78, 5) is 14.7. The first-order valence-electron chi connectivity index (χ1n) is 9.90. The van der Waals surface area contributed by atoms with Gasteiger partial charge in [-0.3, -0.25) is 4.79 Å². The Morgan fingerprint density at radius 1 is 1.11 bits per heavy atom. The van der Waals surface area contributed by atoms with Crippen molar-refractivity contribution in [1.29, 1.82) is 0 Å². The predicted molar refractivity (Wildman–Crippen MR) is 105 cm³/mol. The summed E-state index contributed by atoms with van der Waals surface area (Å²) in [5.74, 6) is -0.253. The van der Waals surface area contributed by atoms with Crippen LogP contribution in [0.1, 0.15) is 16.7 Å². The van der Waals surface area contributed by atoms with E-state index in [2.05, 4.69) is 29.6 Å². The van der Waals surface area contributed by atoms with Crippen LogP contribution < -0.4 is 15.1 Å². The minimum atomic E-state index is -0.221. The van der Waals surface area contributed by atoms with Gasteiger partial charge in [0, 0.05) is 17.7 Å². The van der Waals surface area contributed by atoms with E-state index in [1.807, 2.05) is 13.1 Å². The van der Waals surface area contributed by atoms with E-state index in [4.69, 9.17) is 4.74 Å². The highest BCUT2D eigenvalue weighted by Crippen LogP contribution is 2.04. The molecule has 3 N–H and O–H groups in total. The molecule has 1 heterocycles. The molecule has 1 unspecified atom stereocenters. The van der Waals surface area contributed by atoms with Crippen molar-refractivity contribution in [2.75, 3.05) is 39.9 Å². The predicted octanol–water partition coefficient (Wildman–Crippen LogP) is -0.428. The average molecular weight is 387 g/mol. The van der Waals surface area contributed by atoms with Crippen molar-refractivity contribution < 1.29 is 23.7 Å². The SMILES string of the molecule is C[NH+](CC(=O)NCc1ccc(C[NH+]2CCOCC2)cc1)Cc1ccccc1F. The van der Waals surface area contributed by atoms with Gasteiger partial charge in [0.1, 0.15) is 32.0 Å². The molecular formula is C22H30FN3O2+2. The molecule has 2 aromatic carbocycles. The molecule has 0 spiro atoms. The van der Waals surface area contributed by atoms with Crippen molar-refractivity contribution in [2.24, 2.45) is 0 Å². The first-order chi connectivity index (χ1) is 13.6. The van der Waals surface area contributed by atoms with Crippen molar-refractivity contribution in [3.05, 3.63) is 71.0 Å². The molecule has 150 valence electrons. The van der Waals surface area contributed by atoms with E-state index >= 15 is 0 Å². The second-order valence-corrected chi connectivity index (χ2v) is 7.53. The van der Waals surface area contributed by atoms with Crippen molar-refractivity contribution in [2.45, 2.75) is 19.6 Å². The maximum atomic E-state index is 13.7. The maximum absolute atomic E-state index is 13.7. The molecule has 2 aromatic rings. The molecule has 3 rings (SSSR count). The summed E-state index contributed by atoms with van der Waals surface area (Å²) >= 11 is 0. The molecule has 28 heavy (non-hydrogen) atoms. The highest BCUT2D eigenvalue weighted by Gasteiger charge is 2.15. The molecule has 0 aliphatic carbocycles. The van der Waals surface area contributed by atoms with Crippen LogP contribution in [0.25, 0.3) is 0 Å². The number of rotatable bonds is 8. The Kier molecular flexibility index (Phi) is 7.54. The molecule has 0 radical (unpaired) electrons. The van der Waals surface area contributed by atoms with Crippen LogP contribution in [-0.4, -0.2) is 45.8 Å². The molecule has 1 fully saturated rings. The van der Waals surface area contributed by atoms with Gasteiger partial charge in [0.2, 0.25) is 0 Å². The lowest BCUT2D eigenvalue weighted by molar-refractivity contribution is -0.921. The highest BCUT2D eigenvalue weighted by atomic mass is 19.1. The molecule has 1 aliphatic heterocycles. The van der Waals surface area contributed by atoms with E-state index in [0.29, 0.717) is 25.2 Å². The van der Waals surface area contributed by atoms with Crippen molar-refractivity contribution >= 4 is 5.91 Å². The lowest BCUT2D eigenvalue weighted by atomic mass is 10.1. The van der Waals surface area contributed by atoms with Gasteiger partial charge in [0.25, 0.3) is 5.91 Å². The van der Waals surface area contributed by atoms with Gasteiger partial charge < -0.3 is 19.9 Å². The molecule has 1 aliphatic rings. The second kappa shape index (κ2) is 10.3. The topological polar surface area (TPSA) is 47.2 Å². The van der Waals surface area contributed by atoms with Gasteiger partial charge in [-0.1, -0.05) is 42.5 Å². The molecule has 1 atom stereocenters. The summed E-state index contributed by atoms with van der Waals surface area (Å²) in [6, 6.07) is 15.1. The van der Waals surface area contributed by atoms with Crippen LogP contribution in [0.2, 0.25) is 0 Å². The molecule has 5 nitrogen and oxygen atoms in total. The number of hydrogen-bond acceptors (Lipinski definition) is 2. The standard InChI is InChI=1S/C22H28FN3O2/c1-25(16-20-4-2-3-5-21(20)23)17-22(27)24-14-18-6-8-19(9-7-18)15-26-10-12-28-13-11-26/h2-9H,10-17H2,1H3,(H,24,27)/p+2. The van der Waals surface area contributed by atoms with E-state index in [-0.39, 0.29) is 11.7 Å². The molecule has 0 bridgehead atoms. The quantitative estimate of drug-likeness (QED) is 0.576. The minimum absolute atomic E-state index is 0.0318. The van der Waals surface area contributed by atoms with Gasteiger partial charge in [-0.15, -0.1) is 0 Å². The fourth-order valence-corrected chi connectivity index (χ4v) is 3.47. The Hall–Kier alpha value is -2.28. The lowest BCUT2D eigenvalue weighted by Crippen LogP contribution is -3.12. The van der Waals surface area contributed by atoms with Crippen LogP contribution in [-0.2, 0) is 29.2 Å². The third kappa shape index (κ3) is 6.41. The number of quaternary nitrogens is 2. The van der Waals surface area contributed by atoms with Gasteiger partial charge in [-0.2, -0.15) is 0 Å². The second-order valence-electron chi connectivity index (χ2n) is 7.53. The summed E-state index contributed by atoms with van der Waals surface area (Å²) in [6.07, 6.45) is 0. The van der Waals surface area contributed by atoms with Gasteiger partial charge in [-0.05, 0) is 11.6 Å². The summed E-state index contributed by atoms with van der Waals surface area (Å²) in [5, 5.41) is 2.96. The number of amides is 1. The molecular weight excluding hydrogens is 357 g/mol. The van der Waals surface area contributed by atoms with Gasteiger partial charge in [0.15, 0.2) is 6.54 Å². The number of carbonyl (C=O) groups is 1.